The molecule has 0 aliphatic carbocycles. The molecule has 0 aliphatic heterocycles. The summed E-state index contributed by atoms with van der Waals surface area (Å²) >= 11 is 0. The second-order valence-electron chi connectivity index (χ2n) is 8.10. The Morgan fingerprint density at radius 1 is 0.800 bits per heavy atom. The first kappa shape index (κ1) is 24.4. The summed E-state index contributed by atoms with van der Waals surface area (Å²) in [7, 11) is 0. The van der Waals surface area contributed by atoms with Crippen LogP contribution in [0.4, 0.5) is 0 Å². The number of aliphatic hydroxyl groups is 1. The van der Waals surface area contributed by atoms with Crippen LogP contribution in [0.3, 0.4) is 0 Å². The number of allylic oxidation sites excluding steroid dienone is 4. The maximum atomic E-state index is 9.88. The summed E-state index contributed by atoms with van der Waals surface area (Å²) in [5.74, 6) is 0. The summed E-state index contributed by atoms with van der Waals surface area (Å²) in [6.45, 7) is 8.79. The fourth-order valence-corrected chi connectivity index (χ4v) is 2.62. The Balaban J connectivity index is 3.31. The molecule has 0 fully saturated rings. The first-order valence-electron chi connectivity index (χ1n) is 10.6. The molecule has 0 aromatic rings. The predicted octanol–water partition coefficient (Wildman–Crippen LogP) is 6.98. The maximum Gasteiger partial charge on any atom is 0.0774 e. The molecule has 1 unspecified atom stereocenters. The predicted molar refractivity (Wildman–Crippen MR) is 111 cm³/mol. The average molecular weight is 353 g/mol. The fourth-order valence-electron chi connectivity index (χ4n) is 2.62. The van der Waals surface area contributed by atoms with Crippen molar-refractivity contribution in [1.29, 1.82) is 0 Å². The van der Waals surface area contributed by atoms with Crippen LogP contribution in [0.5, 0.6) is 0 Å². The smallest absolute Gasteiger partial charge is 0.0774 e. The van der Waals surface area contributed by atoms with Crippen molar-refractivity contribution in [1.82, 2.24) is 0 Å². The van der Waals surface area contributed by atoms with Crippen molar-refractivity contribution < 1.29 is 9.84 Å². The maximum absolute atomic E-state index is 9.88. The Morgan fingerprint density at radius 2 is 1.36 bits per heavy atom. The standard InChI is InChI=1S/C23H44O2/c1-5-6-7-8-9-10-11-12-13-14-15-16-17-18-19-20-22(24)21-25-23(2,3)4/h9-10,12-13,22,24H,5-8,11,14-21H2,1-4H3/b10-9-,13-12-. The summed E-state index contributed by atoms with van der Waals surface area (Å²) in [6.07, 6.45) is 23.5. The Hall–Kier alpha value is -0.600. The molecule has 0 aromatic heterocycles. The van der Waals surface area contributed by atoms with Crippen molar-refractivity contribution in [3.05, 3.63) is 24.3 Å². The lowest BCUT2D eigenvalue weighted by Crippen LogP contribution is -2.26. The molecule has 0 rings (SSSR count). The van der Waals surface area contributed by atoms with Crippen molar-refractivity contribution in [2.24, 2.45) is 0 Å². The molecule has 148 valence electrons. The van der Waals surface area contributed by atoms with Gasteiger partial charge in [-0.1, -0.05) is 69.8 Å². The largest absolute Gasteiger partial charge is 0.391 e. The minimum Gasteiger partial charge on any atom is -0.391 e. The van der Waals surface area contributed by atoms with Crippen LogP contribution in [0, 0.1) is 0 Å². The van der Waals surface area contributed by atoms with Crippen molar-refractivity contribution in [3.8, 4) is 0 Å². The highest BCUT2D eigenvalue weighted by molar-refractivity contribution is 4.92. The topological polar surface area (TPSA) is 29.5 Å². The number of ether oxygens (including phenoxy) is 1. The number of rotatable bonds is 16. The van der Waals surface area contributed by atoms with E-state index >= 15 is 0 Å². The van der Waals surface area contributed by atoms with E-state index in [1.54, 1.807) is 0 Å². The van der Waals surface area contributed by atoms with E-state index < -0.39 is 0 Å². The molecule has 0 heterocycles. The third-order valence-electron chi connectivity index (χ3n) is 4.20. The zero-order chi connectivity index (χ0) is 18.8. The molecule has 2 nitrogen and oxygen atoms in total. The molecule has 25 heavy (non-hydrogen) atoms. The molecular weight excluding hydrogens is 308 g/mol. The van der Waals surface area contributed by atoms with E-state index in [2.05, 4.69) is 31.2 Å². The minimum absolute atomic E-state index is 0.153. The van der Waals surface area contributed by atoms with Crippen LogP contribution in [0.25, 0.3) is 0 Å². The van der Waals surface area contributed by atoms with Gasteiger partial charge in [-0.2, -0.15) is 0 Å². The Bertz CT molecular complexity index is 325. The van der Waals surface area contributed by atoms with E-state index in [0.717, 1.165) is 19.3 Å². The third kappa shape index (κ3) is 21.4. The fraction of sp³-hybridized carbons (Fsp3) is 0.826. The molecule has 1 N–H and O–H groups in total. The first-order chi connectivity index (χ1) is 12.0. The number of unbranched alkanes of at least 4 members (excludes halogenated alkanes) is 8. The van der Waals surface area contributed by atoms with Crippen LogP contribution in [-0.4, -0.2) is 23.4 Å². The summed E-state index contributed by atoms with van der Waals surface area (Å²) in [6, 6.07) is 0. The van der Waals surface area contributed by atoms with Gasteiger partial charge in [0.2, 0.25) is 0 Å². The van der Waals surface area contributed by atoms with Gasteiger partial charge in [-0.15, -0.1) is 0 Å². The first-order valence-corrected chi connectivity index (χ1v) is 10.6. The molecule has 1 atom stereocenters. The molecule has 0 saturated carbocycles. The third-order valence-corrected chi connectivity index (χ3v) is 4.20. The summed E-state index contributed by atoms with van der Waals surface area (Å²) in [4.78, 5) is 0. The van der Waals surface area contributed by atoms with E-state index in [-0.39, 0.29) is 11.7 Å². The lowest BCUT2D eigenvalue weighted by Gasteiger charge is -2.21. The van der Waals surface area contributed by atoms with Gasteiger partial charge in [-0.05, 0) is 59.3 Å². The van der Waals surface area contributed by atoms with Crippen LogP contribution in [0.15, 0.2) is 24.3 Å². The van der Waals surface area contributed by atoms with E-state index in [1.807, 2.05) is 20.8 Å². The molecule has 0 aromatic carbocycles. The van der Waals surface area contributed by atoms with Gasteiger partial charge in [0.15, 0.2) is 0 Å². The zero-order valence-electron chi connectivity index (χ0n) is 17.4. The van der Waals surface area contributed by atoms with Gasteiger partial charge in [0, 0.05) is 0 Å². The van der Waals surface area contributed by atoms with Crippen molar-refractivity contribution in [3.63, 3.8) is 0 Å². The summed E-state index contributed by atoms with van der Waals surface area (Å²) in [5.41, 5.74) is -0.153. The number of hydrogen-bond acceptors (Lipinski definition) is 2. The lowest BCUT2D eigenvalue weighted by molar-refractivity contribution is -0.0509. The molecule has 0 spiro atoms. The van der Waals surface area contributed by atoms with E-state index in [0.29, 0.717) is 6.61 Å². The Labute approximate surface area is 157 Å². The highest BCUT2D eigenvalue weighted by atomic mass is 16.5. The van der Waals surface area contributed by atoms with Crippen LogP contribution < -0.4 is 0 Å². The second kappa shape index (κ2) is 16.8. The van der Waals surface area contributed by atoms with Crippen LogP contribution in [0.2, 0.25) is 0 Å². The molecular formula is C23H44O2. The van der Waals surface area contributed by atoms with Gasteiger partial charge in [0.25, 0.3) is 0 Å². The minimum atomic E-state index is -0.308. The monoisotopic (exact) mass is 352 g/mol. The van der Waals surface area contributed by atoms with E-state index in [4.69, 9.17) is 4.74 Å². The van der Waals surface area contributed by atoms with Crippen LogP contribution in [-0.2, 0) is 4.74 Å². The summed E-state index contributed by atoms with van der Waals surface area (Å²) < 4.78 is 5.60. The van der Waals surface area contributed by atoms with Crippen LogP contribution >= 0.6 is 0 Å². The molecule has 0 radical (unpaired) electrons. The van der Waals surface area contributed by atoms with E-state index in [1.165, 1.54) is 57.8 Å². The molecule has 2 heteroatoms. The van der Waals surface area contributed by atoms with Gasteiger partial charge in [-0.25, -0.2) is 0 Å². The zero-order valence-corrected chi connectivity index (χ0v) is 17.4. The SMILES string of the molecule is CCCCC/C=C\C/C=C\CCCCCCCC(O)COC(C)(C)C. The number of hydrogen-bond donors (Lipinski definition) is 1. The molecule has 0 amide bonds. The molecule has 0 saturated heterocycles. The lowest BCUT2D eigenvalue weighted by atomic mass is 10.1. The highest BCUT2D eigenvalue weighted by Gasteiger charge is 2.13. The van der Waals surface area contributed by atoms with Gasteiger partial charge in [0.05, 0.1) is 18.3 Å². The molecule has 0 bridgehead atoms. The van der Waals surface area contributed by atoms with Crippen molar-refractivity contribution in [2.45, 2.75) is 116 Å². The summed E-state index contributed by atoms with van der Waals surface area (Å²) in [5, 5.41) is 9.88. The Morgan fingerprint density at radius 3 is 1.96 bits per heavy atom. The van der Waals surface area contributed by atoms with Gasteiger partial charge in [-0.3, -0.25) is 0 Å². The normalized spacial score (nSPS) is 14.0. The highest BCUT2D eigenvalue weighted by Crippen LogP contribution is 2.12. The van der Waals surface area contributed by atoms with Crippen molar-refractivity contribution in [2.75, 3.05) is 6.61 Å². The van der Waals surface area contributed by atoms with Gasteiger partial charge < -0.3 is 9.84 Å². The average Bonchev–Trinajstić information content (AvgIpc) is 2.56. The Kier molecular flexibility index (Phi) is 16.4. The number of aliphatic hydroxyl groups excluding tert-OH is 1. The van der Waals surface area contributed by atoms with Gasteiger partial charge >= 0.3 is 0 Å². The second-order valence-corrected chi connectivity index (χ2v) is 8.10. The molecule has 0 aliphatic rings. The van der Waals surface area contributed by atoms with Gasteiger partial charge in [0.1, 0.15) is 0 Å². The quantitative estimate of drug-likeness (QED) is 0.240. The van der Waals surface area contributed by atoms with E-state index in [9.17, 15) is 5.11 Å². The van der Waals surface area contributed by atoms with Crippen LogP contribution in [0.1, 0.15) is 105 Å². The van der Waals surface area contributed by atoms with Crippen molar-refractivity contribution >= 4 is 0 Å².